The molecule has 0 fully saturated rings. The van der Waals surface area contributed by atoms with Crippen LogP contribution in [0.4, 0.5) is 0 Å². The van der Waals surface area contributed by atoms with Gasteiger partial charge in [0.15, 0.2) is 11.6 Å². The molecule has 0 amide bonds. The molecule has 0 saturated heterocycles. The molecule has 0 atom stereocenters. The van der Waals surface area contributed by atoms with Crippen LogP contribution in [-0.4, -0.2) is 15.1 Å². The molecular weight excluding hydrogens is 200 g/mol. The second-order valence-corrected chi connectivity index (χ2v) is 4.04. The SMILES string of the molecule is CC(C)c1ccc(-c2ncc(O)cn2)cc1. The van der Waals surface area contributed by atoms with Crippen LogP contribution in [0.1, 0.15) is 25.3 Å². The predicted molar refractivity (Wildman–Crippen MR) is 63.2 cm³/mol. The molecule has 1 heterocycles. The monoisotopic (exact) mass is 214 g/mol. The predicted octanol–water partition coefficient (Wildman–Crippen LogP) is 2.97. The molecule has 1 N–H and O–H groups in total. The van der Waals surface area contributed by atoms with Gasteiger partial charge in [-0.15, -0.1) is 0 Å². The van der Waals surface area contributed by atoms with Crippen molar-refractivity contribution in [3.8, 4) is 17.1 Å². The van der Waals surface area contributed by atoms with Crippen LogP contribution < -0.4 is 0 Å². The van der Waals surface area contributed by atoms with E-state index in [9.17, 15) is 0 Å². The first-order valence-electron chi connectivity index (χ1n) is 5.28. The lowest BCUT2D eigenvalue weighted by Crippen LogP contribution is -1.90. The molecule has 3 nitrogen and oxygen atoms in total. The third kappa shape index (κ3) is 2.19. The summed E-state index contributed by atoms with van der Waals surface area (Å²) in [5.74, 6) is 1.24. The highest BCUT2D eigenvalue weighted by Crippen LogP contribution is 2.20. The van der Waals surface area contributed by atoms with E-state index in [1.807, 2.05) is 12.1 Å². The third-order valence-electron chi connectivity index (χ3n) is 2.47. The van der Waals surface area contributed by atoms with Crippen molar-refractivity contribution in [3.05, 3.63) is 42.2 Å². The zero-order valence-electron chi connectivity index (χ0n) is 9.38. The third-order valence-corrected chi connectivity index (χ3v) is 2.47. The summed E-state index contributed by atoms with van der Waals surface area (Å²) in [6, 6.07) is 8.16. The standard InChI is InChI=1S/C13H14N2O/c1-9(2)10-3-5-11(6-4-10)13-14-7-12(16)8-15-13/h3-9,16H,1-2H3. The van der Waals surface area contributed by atoms with Crippen molar-refractivity contribution in [2.45, 2.75) is 19.8 Å². The van der Waals surface area contributed by atoms with Gasteiger partial charge in [0.25, 0.3) is 0 Å². The van der Waals surface area contributed by atoms with E-state index in [1.165, 1.54) is 18.0 Å². The molecule has 16 heavy (non-hydrogen) atoms. The Bertz CT molecular complexity index is 460. The molecule has 0 aliphatic rings. The lowest BCUT2D eigenvalue weighted by molar-refractivity contribution is 0.470. The summed E-state index contributed by atoms with van der Waals surface area (Å²) in [5, 5.41) is 9.10. The van der Waals surface area contributed by atoms with Crippen LogP contribution in [0.15, 0.2) is 36.7 Å². The Hall–Kier alpha value is -1.90. The van der Waals surface area contributed by atoms with E-state index >= 15 is 0 Å². The van der Waals surface area contributed by atoms with Gasteiger partial charge in [-0.2, -0.15) is 0 Å². The lowest BCUT2D eigenvalue weighted by atomic mass is 10.0. The molecule has 0 radical (unpaired) electrons. The Kier molecular flexibility index (Phi) is 2.86. The average Bonchev–Trinajstić information content (AvgIpc) is 2.30. The minimum atomic E-state index is 0.0857. The van der Waals surface area contributed by atoms with E-state index < -0.39 is 0 Å². The Morgan fingerprint density at radius 1 is 1.00 bits per heavy atom. The van der Waals surface area contributed by atoms with E-state index in [-0.39, 0.29) is 5.75 Å². The maximum absolute atomic E-state index is 9.10. The second-order valence-electron chi connectivity index (χ2n) is 4.04. The van der Waals surface area contributed by atoms with E-state index in [0.29, 0.717) is 11.7 Å². The van der Waals surface area contributed by atoms with Gasteiger partial charge in [-0.3, -0.25) is 0 Å². The highest BCUT2D eigenvalue weighted by atomic mass is 16.3. The number of benzene rings is 1. The van der Waals surface area contributed by atoms with Gasteiger partial charge in [0.1, 0.15) is 0 Å². The quantitative estimate of drug-likeness (QED) is 0.835. The first-order valence-corrected chi connectivity index (χ1v) is 5.28. The Labute approximate surface area is 94.8 Å². The number of hydrogen-bond acceptors (Lipinski definition) is 3. The second kappa shape index (κ2) is 4.31. The molecular formula is C13H14N2O. The van der Waals surface area contributed by atoms with Crippen molar-refractivity contribution in [2.75, 3.05) is 0 Å². The Balaban J connectivity index is 2.31. The lowest BCUT2D eigenvalue weighted by Gasteiger charge is -2.05. The molecule has 0 aliphatic carbocycles. The molecule has 3 heteroatoms. The summed E-state index contributed by atoms with van der Waals surface area (Å²) in [7, 11) is 0. The molecule has 0 aliphatic heterocycles. The summed E-state index contributed by atoms with van der Waals surface area (Å²) < 4.78 is 0. The molecule has 82 valence electrons. The van der Waals surface area contributed by atoms with E-state index in [2.05, 4.69) is 35.9 Å². The largest absolute Gasteiger partial charge is 0.505 e. The summed E-state index contributed by atoms with van der Waals surface area (Å²) in [5.41, 5.74) is 2.26. The molecule has 0 spiro atoms. The van der Waals surface area contributed by atoms with Crippen LogP contribution in [-0.2, 0) is 0 Å². The number of aromatic hydroxyl groups is 1. The fourth-order valence-corrected chi connectivity index (χ4v) is 1.49. The van der Waals surface area contributed by atoms with E-state index in [4.69, 9.17) is 5.11 Å². The zero-order valence-corrected chi connectivity index (χ0v) is 9.38. The Morgan fingerprint density at radius 2 is 1.56 bits per heavy atom. The molecule has 0 saturated carbocycles. The van der Waals surface area contributed by atoms with Gasteiger partial charge in [0.05, 0.1) is 12.4 Å². The molecule has 2 rings (SSSR count). The summed E-state index contributed by atoms with van der Waals surface area (Å²) >= 11 is 0. The van der Waals surface area contributed by atoms with Gasteiger partial charge in [-0.1, -0.05) is 38.1 Å². The van der Waals surface area contributed by atoms with Crippen molar-refractivity contribution < 1.29 is 5.11 Å². The maximum atomic E-state index is 9.10. The van der Waals surface area contributed by atoms with Crippen molar-refractivity contribution in [1.82, 2.24) is 9.97 Å². The number of nitrogens with zero attached hydrogens (tertiary/aromatic N) is 2. The van der Waals surface area contributed by atoms with E-state index in [0.717, 1.165) is 5.56 Å². The smallest absolute Gasteiger partial charge is 0.159 e. The van der Waals surface area contributed by atoms with Crippen molar-refractivity contribution in [2.24, 2.45) is 0 Å². The number of rotatable bonds is 2. The fraction of sp³-hybridized carbons (Fsp3) is 0.231. The van der Waals surface area contributed by atoms with Gasteiger partial charge in [-0.05, 0) is 11.5 Å². The first kappa shape index (κ1) is 10.6. The van der Waals surface area contributed by atoms with Crippen molar-refractivity contribution in [1.29, 1.82) is 0 Å². The Morgan fingerprint density at radius 3 is 2.06 bits per heavy atom. The van der Waals surface area contributed by atoms with Crippen LogP contribution in [0.25, 0.3) is 11.4 Å². The van der Waals surface area contributed by atoms with Gasteiger partial charge >= 0.3 is 0 Å². The minimum Gasteiger partial charge on any atom is -0.505 e. The highest BCUT2D eigenvalue weighted by Gasteiger charge is 2.02. The number of hydrogen-bond donors (Lipinski definition) is 1. The topological polar surface area (TPSA) is 46.0 Å². The summed E-state index contributed by atoms with van der Waals surface area (Å²) in [6.07, 6.45) is 2.80. The van der Waals surface area contributed by atoms with E-state index in [1.54, 1.807) is 0 Å². The molecule has 1 aromatic heterocycles. The van der Waals surface area contributed by atoms with Crippen LogP contribution in [0.2, 0.25) is 0 Å². The normalized spacial score (nSPS) is 10.7. The summed E-state index contributed by atoms with van der Waals surface area (Å²) in [6.45, 7) is 4.32. The highest BCUT2D eigenvalue weighted by molar-refractivity contribution is 5.55. The maximum Gasteiger partial charge on any atom is 0.159 e. The fourth-order valence-electron chi connectivity index (χ4n) is 1.49. The molecule has 0 unspecified atom stereocenters. The van der Waals surface area contributed by atoms with Crippen LogP contribution in [0.5, 0.6) is 5.75 Å². The molecule has 1 aromatic carbocycles. The summed E-state index contributed by atoms with van der Waals surface area (Å²) in [4.78, 5) is 8.12. The van der Waals surface area contributed by atoms with Gasteiger partial charge in [0, 0.05) is 5.56 Å². The van der Waals surface area contributed by atoms with Crippen LogP contribution in [0.3, 0.4) is 0 Å². The van der Waals surface area contributed by atoms with Crippen molar-refractivity contribution >= 4 is 0 Å². The molecule has 2 aromatic rings. The van der Waals surface area contributed by atoms with Gasteiger partial charge in [0.2, 0.25) is 0 Å². The average molecular weight is 214 g/mol. The minimum absolute atomic E-state index is 0.0857. The molecule has 0 bridgehead atoms. The van der Waals surface area contributed by atoms with Crippen LogP contribution >= 0.6 is 0 Å². The van der Waals surface area contributed by atoms with Gasteiger partial charge < -0.3 is 5.11 Å². The van der Waals surface area contributed by atoms with Crippen molar-refractivity contribution in [3.63, 3.8) is 0 Å². The van der Waals surface area contributed by atoms with Crippen LogP contribution in [0, 0.1) is 0 Å². The first-order chi connectivity index (χ1) is 7.66. The van der Waals surface area contributed by atoms with Gasteiger partial charge in [-0.25, -0.2) is 9.97 Å². The zero-order chi connectivity index (χ0) is 11.5. The number of aromatic nitrogens is 2.